The number of aromatic nitrogens is 4. The highest BCUT2D eigenvalue weighted by Gasteiger charge is 2.14. The number of nitrogens with zero attached hydrogens (tertiary/aromatic N) is 7. The third-order valence-corrected chi connectivity index (χ3v) is 9.25. The van der Waals surface area contributed by atoms with E-state index >= 15 is 0 Å². The predicted molar refractivity (Wildman–Crippen MR) is 205 cm³/mol. The summed E-state index contributed by atoms with van der Waals surface area (Å²) in [5, 5.41) is 23.3. The summed E-state index contributed by atoms with van der Waals surface area (Å²) in [4.78, 5) is 23.9. The Kier molecular flexibility index (Phi) is 7.15. The molecule has 0 saturated carbocycles. The number of rotatable bonds is 4. The highest BCUT2D eigenvalue weighted by atomic mass is 14.8. The second-order valence-corrected chi connectivity index (χ2v) is 12.5. The van der Waals surface area contributed by atoms with Crippen molar-refractivity contribution in [3.63, 3.8) is 0 Å². The maximum Gasteiger partial charge on any atom is 0.187 e. The van der Waals surface area contributed by atoms with Crippen molar-refractivity contribution in [2.45, 2.75) is 0 Å². The molecule has 0 unspecified atom stereocenters. The Balaban J connectivity index is 1.17. The lowest BCUT2D eigenvalue weighted by atomic mass is 9.99. The van der Waals surface area contributed by atoms with Crippen molar-refractivity contribution < 1.29 is 0 Å². The molecule has 4 heterocycles. The maximum atomic E-state index is 10.1. The molecule has 0 aliphatic carbocycles. The summed E-state index contributed by atoms with van der Waals surface area (Å²) < 4.78 is 0. The second-order valence-electron chi connectivity index (χ2n) is 12.5. The molecule has 0 amide bonds. The average molecular weight is 662 g/mol. The van der Waals surface area contributed by atoms with Gasteiger partial charge in [0, 0.05) is 38.2 Å². The Bertz CT molecular complexity index is 2870. The third kappa shape index (κ3) is 5.31. The van der Waals surface area contributed by atoms with Crippen LogP contribution in [0.15, 0.2) is 140 Å². The Hall–Kier alpha value is -7.79. The highest BCUT2D eigenvalue weighted by Crippen LogP contribution is 2.33. The van der Waals surface area contributed by atoms with E-state index in [9.17, 15) is 10.5 Å². The van der Waals surface area contributed by atoms with Crippen LogP contribution in [-0.2, 0) is 0 Å². The van der Waals surface area contributed by atoms with Gasteiger partial charge < -0.3 is 0 Å². The smallest absolute Gasteiger partial charge is 0.187 e. The zero-order chi connectivity index (χ0) is 35.2. The van der Waals surface area contributed by atoms with E-state index in [1.807, 2.05) is 127 Å². The quantitative estimate of drug-likeness (QED) is 0.137. The molecule has 238 valence electrons. The molecule has 0 atom stereocenters. The fourth-order valence-corrected chi connectivity index (χ4v) is 6.65. The summed E-state index contributed by atoms with van der Waals surface area (Å²) in [7, 11) is 0. The van der Waals surface area contributed by atoms with E-state index in [4.69, 9.17) is 26.5 Å². The van der Waals surface area contributed by atoms with Crippen LogP contribution < -0.4 is 0 Å². The van der Waals surface area contributed by atoms with E-state index < -0.39 is 0 Å². The normalized spacial score (nSPS) is 11.0. The van der Waals surface area contributed by atoms with Gasteiger partial charge in [-0.15, -0.1) is 0 Å². The fourth-order valence-electron chi connectivity index (χ4n) is 6.65. The first-order chi connectivity index (χ1) is 25.6. The lowest BCUT2D eigenvalue weighted by Crippen LogP contribution is -1.93. The first-order valence-electron chi connectivity index (χ1n) is 16.5. The lowest BCUT2D eigenvalue weighted by Gasteiger charge is -2.11. The number of pyridine rings is 4. The van der Waals surface area contributed by atoms with Crippen molar-refractivity contribution in [3.8, 4) is 57.2 Å². The average Bonchev–Trinajstić information content (AvgIpc) is 3.22. The fraction of sp³-hybridized carbons (Fsp3) is 0. The van der Waals surface area contributed by atoms with Gasteiger partial charge in [-0.05, 0) is 66.2 Å². The highest BCUT2D eigenvalue weighted by molar-refractivity contribution is 6.05. The molecular weight excluding hydrogens is 639 g/mol. The molecule has 0 aliphatic heterocycles. The van der Waals surface area contributed by atoms with E-state index in [2.05, 4.69) is 17.0 Å². The monoisotopic (exact) mass is 661 g/mol. The summed E-state index contributed by atoms with van der Waals surface area (Å²) in [6.45, 7) is 7.42. The molecule has 0 radical (unpaired) electrons. The number of nitriles is 2. The number of hydrogen-bond donors (Lipinski definition) is 0. The molecule has 0 aliphatic rings. The summed E-state index contributed by atoms with van der Waals surface area (Å²) in [5.74, 6) is 0. The van der Waals surface area contributed by atoms with Gasteiger partial charge in [0.15, 0.2) is 5.69 Å². The van der Waals surface area contributed by atoms with Crippen molar-refractivity contribution in [1.29, 1.82) is 10.5 Å². The van der Waals surface area contributed by atoms with Crippen LogP contribution in [0.3, 0.4) is 0 Å². The molecule has 7 nitrogen and oxygen atoms in total. The van der Waals surface area contributed by atoms with Crippen LogP contribution in [-0.4, -0.2) is 19.9 Å². The van der Waals surface area contributed by atoms with Crippen LogP contribution in [0.1, 0.15) is 11.1 Å². The van der Waals surface area contributed by atoms with Crippen LogP contribution >= 0.6 is 0 Å². The standard InChI is InChI=1S/C45H23N7/c1-48-37-7-3-6-34(24-37)39-17-13-30-9-11-32-15-19-41(52-45(32)43(30)50-39)36-22-28(26-47)21-35(23-36)40-18-14-31-10-8-29-12-16-38(49-42(29)44(31)51-40)33-5-2-4-27(20-33)25-46/h2-24H. The molecule has 9 rings (SSSR count). The second kappa shape index (κ2) is 12.3. The Morgan fingerprint density at radius 3 is 1.23 bits per heavy atom. The van der Waals surface area contributed by atoms with Crippen LogP contribution in [0.5, 0.6) is 0 Å². The number of fused-ring (bicyclic) bond motifs is 6. The largest absolute Gasteiger partial charge is 0.246 e. The van der Waals surface area contributed by atoms with Crippen molar-refractivity contribution in [1.82, 2.24) is 19.9 Å². The van der Waals surface area contributed by atoms with Gasteiger partial charge in [0.25, 0.3) is 0 Å². The summed E-state index contributed by atoms with van der Waals surface area (Å²) in [6.07, 6.45) is 0. The molecule has 0 saturated heterocycles. The van der Waals surface area contributed by atoms with Crippen molar-refractivity contribution >= 4 is 49.3 Å². The SMILES string of the molecule is [C-]#[N+]c1cccc(-c2ccc3ccc4ccc(-c5cc(C#N)cc(-c6ccc7ccc8ccc(-c9cccc(C#N)c9)nc8c7n6)c5)nc4c3n2)c1. The molecule has 0 fully saturated rings. The van der Waals surface area contributed by atoms with Gasteiger partial charge >= 0.3 is 0 Å². The van der Waals surface area contributed by atoms with Gasteiger partial charge in [0.05, 0.1) is 74.7 Å². The van der Waals surface area contributed by atoms with Crippen molar-refractivity contribution in [2.75, 3.05) is 0 Å². The Morgan fingerprint density at radius 1 is 0.404 bits per heavy atom. The molecule has 7 heteroatoms. The molecular formula is C45H23N7. The maximum absolute atomic E-state index is 10.1. The van der Waals surface area contributed by atoms with Gasteiger partial charge in [-0.2, -0.15) is 10.5 Å². The zero-order valence-electron chi connectivity index (χ0n) is 27.4. The van der Waals surface area contributed by atoms with Crippen LogP contribution in [0, 0.1) is 29.2 Å². The predicted octanol–water partition coefficient (Wildman–Crippen LogP) is 10.8. The van der Waals surface area contributed by atoms with Crippen LogP contribution in [0.25, 0.3) is 93.5 Å². The molecule has 0 N–H and O–H groups in total. The number of benzene rings is 5. The van der Waals surface area contributed by atoms with E-state index in [0.717, 1.165) is 77.3 Å². The Morgan fingerprint density at radius 2 is 0.788 bits per heavy atom. The summed E-state index contributed by atoms with van der Waals surface area (Å²) >= 11 is 0. The van der Waals surface area contributed by atoms with E-state index in [1.165, 1.54) is 0 Å². The van der Waals surface area contributed by atoms with E-state index in [-0.39, 0.29) is 0 Å². The van der Waals surface area contributed by atoms with Crippen LogP contribution in [0.2, 0.25) is 0 Å². The molecule has 5 aromatic carbocycles. The molecule has 0 spiro atoms. The molecule has 4 aromatic heterocycles. The van der Waals surface area contributed by atoms with Gasteiger partial charge in [-0.3, -0.25) is 0 Å². The minimum atomic E-state index is 0.491. The minimum absolute atomic E-state index is 0.491. The van der Waals surface area contributed by atoms with E-state index in [0.29, 0.717) is 28.2 Å². The molecule has 0 bridgehead atoms. The lowest BCUT2D eigenvalue weighted by molar-refractivity contribution is 1.35. The Labute approximate surface area is 298 Å². The zero-order valence-corrected chi connectivity index (χ0v) is 27.4. The van der Waals surface area contributed by atoms with Crippen molar-refractivity contribution in [3.05, 3.63) is 162 Å². The third-order valence-electron chi connectivity index (χ3n) is 9.25. The van der Waals surface area contributed by atoms with E-state index in [1.54, 1.807) is 12.1 Å². The minimum Gasteiger partial charge on any atom is -0.246 e. The van der Waals surface area contributed by atoms with Crippen molar-refractivity contribution in [2.24, 2.45) is 0 Å². The first kappa shape index (κ1) is 30.3. The van der Waals surface area contributed by atoms with Gasteiger partial charge in [-0.25, -0.2) is 24.8 Å². The van der Waals surface area contributed by atoms with Crippen LogP contribution in [0.4, 0.5) is 5.69 Å². The summed E-state index contributed by atoms with van der Waals surface area (Å²) in [5.41, 5.74) is 10.9. The molecule has 9 aromatic rings. The topological polar surface area (TPSA) is 104 Å². The molecule has 52 heavy (non-hydrogen) atoms. The van der Waals surface area contributed by atoms with Gasteiger partial charge in [0.2, 0.25) is 0 Å². The number of hydrogen-bond acceptors (Lipinski definition) is 6. The first-order valence-corrected chi connectivity index (χ1v) is 16.5. The summed E-state index contributed by atoms with van der Waals surface area (Å²) in [6, 6.07) is 49.2. The van der Waals surface area contributed by atoms with Gasteiger partial charge in [-0.1, -0.05) is 78.9 Å². The van der Waals surface area contributed by atoms with Gasteiger partial charge in [0.1, 0.15) is 0 Å².